The number of rotatable bonds is 5. The second kappa shape index (κ2) is 10.9. The monoisotopic (exact) mass is 504 g/mol. The number of nitrogens with one attached hydrogen (secondary N) is 3. The molecule has 4 unspecified atom stereocenters. The number of hydrogen-bond acceptors (Lipinski definition) is 9. The van der Waals surface area contributed by atoms with Crippen LogP contribution in [0, 0.1) is 11.8 Å². The molecule has 1 aromatic rings. The van der Waals surface area contributed by atoms with Gasteiger partial charge in [-0.15, -0.1) is 0 Å². The Kier molecular flexibility index (Phi) is 7.68. The van der Waals surface area contributed by atoms with E-state index in [0.717, 1.165) is 51.9 Å². The van der Waals surface area contributed by atoms with Gasteiger partial charge in [0.25, 0.3) is 0 Å². The summed E-state index contributed by atoms with van der Waals surface area (Å²) < 4.78 is 20.0. The topological polar surface area (TPSA) is 128 Å². The number of aromatic nitrogens is 1. The van der Waals surface area contributed by atoms with Gasteiger partial charge in [-0.25, -0.2) is 14.8 Å². The zero-order valence-corrected chi connectivity index (χ0v) is 20.7. The Morgan fingerprint density at radius 2 is 1.94 bits per heavy atom. The van der Waals surface area contributed by atoms with Crippen molar-refractivity contribution in [3.8, 4) is 5.75 Å². The van der Waals surface area contributed by atoms with Crippen molar-refractivity contribution in [3.63, 3.8) is 0 Å². The van der Waals surface area contributed by atoms with Crippen molar-refractivity contribution in [2.75, 3.05) is 51.6 Å². The van der Waals surface area contributed by atoms with Crippen LogP contribution in [0.5, 0.6) is 5.75 Å². The fourth-order valence-electron chi connectivity index (χ4n) is 5.67. The van der Waals surface area contributed by atoms with Gasteiger partial charge in [0.05, 0.1) is 30.6 Å². The van der Waals surface area contributed by atoms with Gasteiger partial charge in [-0.2, -0.15) is 0 Å². The maximum Gasteiger partial charge on any atom is 0.233 e. The molecule has 0 spiro atoms. The van der Waals surface area contributed by atoms with E-state index in [1.54, 1.807) is 23.5 Å². The molecule has 198 valence electrons. The largest absolute Gasteiger partial charge is 0.488 e. The van der Waals surface area contributed by atoms with Crippen LogP contribution in [-0.4, -0.2) is 103 Å². The molecule has 4 fully saturated rings. The molecular formula is C24H37FN8O3. The lowest BCUT2D eigenvalue weighted by atomic mass is 9.86. The van der Waals surface area contributed by atoms with E-state index < -0.39 is 18.3 Å². The quantitative estimate of drug-likeness (QED) is 0.428. The normalized spacial score (nSPS) is 33.7. The highest BCUT2D eigenvalue weighted by molar-refractivity contribution is 5.94. The number of halogens is 1. The highest BCUT2D eigenvalue weighted by atomic mass is 19.1. The van der Waals surface area contributed by atoms with Crippen LogP contribution in [0.25, 0.3) is 0 Å². The Hall–Kier alpha value is -2.38. The van der Waals surface area contributed by atoms with Crippen molar-refractivity contribution in [1.82, 2.24) is 30.5 Å². The van der Waals surface area contributed by atoms with Crippen molar-refractivity contribution >= 4 is 17.5 Å². The molecule has 4 aliphatic rings. The van der Waals surface area contributed by atoms with Crippen LogP contribution < -0.4 is 26.5 Å². The third-order valence-electron chi connectivity index (χ3n) is 7.79. The molecule has 36 heavy (non-hydrogen) atoms. The molecular weight excluding hydrogens is 467 g/mol. The third-order valence-corrected chi connectivity index (χ3v) is 7.79. The second-order valence-corrected chi connectivity index (χ2v) is 10.4. The summed E-state index contributed by atoms with van der Waals surface area (Å²) in [6, 6.07) is 1.74. The van der Waals surface area contributed by atoms with Crippen LogP contribution >= 0.6 is 0 Å². The number of pyridine rings is 1. The zero-order valence-electron chi connectivity index (χ0n) is 20.7. The summed E-state index contributed by atoms with van der Waals surface area (Å²) in [7, 11) is 2.08. The lowest BCUT2D eigenvalue weighted by Gasteiger charge is -2.36. The fourth-order valence-corrected chi connectivity index (χ4v) is 5.67. The van der Waals surface area contributed by atoms with Gasteiger partial charge in [0.1, 0.15) is 17.6 Å². The Morgan fingerprint density at radius 1 is 1.19 bits per heavy atom. The number of hydrogen-bond donors (Lipinski definition) is 4. The molecule has 4 heterocycles. The number of alkyl halides is 1. The minimum atomic E-state index is -1.02. The number of piperazine rings is 1. The van der Waals surface area contributed by atoms with Crippen LogP contribution in [0.15, 0.2) is 18.5 Å². The number of carbonyl (C=O) groups is 2. The lowest BCUT2D eigenvalue weighted by Crippen LogP contribution is -2.58. The minimum Gasteiger partial charge on any atom is -0.488 e. The molecule has 1 aliphatic carbocycles. The second-order valence-electron chi connectivity index (χ2n) is 10.4. The number of anilines is 1. The van der Waals surface area contributed by atoms with Crippen LogP contribution in [0.1, 0.15) is 25.7 Å². The molecule has 4 atom stereocenters. The van der Waals surface area contributed by atoms with Gasteiger partial charge in [-0.1, -0.05) is 0 Å². The highest BCUT2D eigenvalue weighted by Gasteiger charge is 2.47. The molecule has 5 rings (SSSR count). The van der Waals surface area contributed by atoms with E-state index >= 15 is 0 Å². The molecule has 3 aliphatic heterocycles. The number of hydrazine groups is 1. The van der Waals surface area contributed by atoms with Gasteiger partial charge in [-0.3, -0.25) is 19.9 Å². The van der Waals surface area contributed by atoms with Crippen molar-refractivity contribution in [3.05, 3.63) is 18.5 Å². The van der Waals surface area contributed by atoms with Gasteiger partial charge in [0.2, 0.25) is 11.8 Å². The SMILES string of the molecule is CN1CCN(C(=O)C2CCC(Oc3ccncc3NC(=O)C3C(N)NN4CC(F)CNC34)CC2)CC1. The number of ether oxygens (including phenoxy) is 1. The Balaban J connectivity index is 1.16. The predicted octanol–water partition coefficient (Wildman–Crippen LogP) is -0.280. The molecule has 1 saturated carbocycles. The number of nitrogens with two attached hydrogens (primary N) is 1. The maximum absolute atomic E-state index is 13.7. The molecule has 0 aromatic carbocycles. The summed E-state index contributed by atoms with van der Waals surface area (Å²) in [5.74, 6) is -0.0299. The number of amides is 2. The fraction of sp³-hybridized carbons (Fsp3) is 0.708. The summed E-state index contributed by atoms with van der Waals surface area (Å²) in [5.41, 5.74) is 9.63. The summed E-state index contributed by atoms with van der Waals surface area (Å²) in [5, 5.41) is 7.64. The predicted molar refractivity (Wildman–Crippen MR) is 131 cm³/mol. The smallest absolute Gasteiger partial charge is 0.233 e. The number of carbonyl (C=O) groups excluding carboxylic acids is 2. The summed E-state index contributed by atoms with van der Waals surface area (Å²) in [6.45, 7) is 3.81. The van der Waals surface area contributed by atoms with E-state index in [1.165, 1.54) is 0 Å². The highest BCUT2D eigenvalue weighted by Crippen LogP contribution is 2.33. The van der Waals surface area contributed by atoms with Crippen LogP contribution in [-0.2, 0) is 9.59 Å². The molecule has 12 heteroatoms. The van der Waals surface area contributed by atoms with Gasteiger partial charge in [-0.05, 0) is 32.7 Å². The Bertz CT molecular complexity index is 938. The third kappa shape index (κ3) is 5.47. The maximum atomic E-state index is 13.7. The van der Waals surface area contributed by atoms with E-state index in [2.05, 4.69) is 33.0 Å². The van der Waals surface area contributed by atoms with Crippen LogP contribution in [0.2, 0.25) is 0 Å². The van der Waals surface area contributed by atoms with Crippen LogP contribution in [0.3, 0.4) is 0 Å². The summed E-state index contributed by atoms with van der Waals surface area (Å²) >= 11 is 0. The van der Waals surface area contributed by atoms with Gasteiger partial charge < -0.3 is 25.6 Å². The molecule has 0 radical (unpaired) electrons. The average Bonchev–Trinajstić information content (AvgIpc) is 3.20. The van der Waals surface area contributed by atoms with Crippen molar-refractivity contribution in [1.29, 1.82) is 0 Å². The minimum absolute atomic E-state index is 0.0352. The first-order chi connectivity index (χ1) is 17.4. The number of likely N-dealkylation sites (N-methyl/N-ethyl adjacent to an activating group) is 1. The van der Waals surface area contributed by atoms with E-state index in [4.69, 9.17) is 10.5 Å². The molecule has 11 nitrogen and oxygen atoms in total. The Morgan fingerprint density at radius 3 is 2.69 bits per heavy atom. The van der Waals surface area contributed by atoms with Gasteiger partial charge in [0, 0.05) is 57.4 Å². The zero-order chi connectivity index (χ0) is 25.2. The number of nitrogens with zero attached hydrogens (tertiary/aromatic N) is 4. The van der Waals surface area contributed by atoms with E-state index in [-0.39, 0.29) is 43.1 Å². The molecule has 3 saturated heterocycles. The molecule has 0 bridgehead atoms. The molecule has 1 aromatic heterocycles. The van der Waals surface area contributed by atoms with Gasteiger partial charge >= 0.3 is 0 Å². The van der Waals surface area contributed by atoms with E-state index in [1.807, 2.05) is 4.90 Å². The standard InChI is InChI=1S/C24H37FN8O3/c1-31-8-10-32(11-9-31)24(35)15-2-4-17(5-3-15)36-19-6-7-27-13-18(19)29-23(34)20-21(26)30-33-14-16(25)12-28-22(20)33/h6-7,13,15-17,20-22,28,30H,2-5,8-12,14,26H2,1H3,(H,29,34). The molecule has 2 amide bonds. The first-order valence-corrected chi connectivity index (χ1v) is 12.9. The van der Waals surface area contributed by atoms with E-state index in [0.29, 0.717) is 11.4 Å². The Labute approximate surface area is 210 Å². The van der Waals surface area contributed by atoms with Crippen molar-refractivity contribution in [2.45, 2.75) is 50.3 Å². The lowest BCUT2D eigenvalue weighted by molar-refractivity contribution is -0.138. The van der Waals surface area contributed by atoms with Crippen molar-refractivity contribution < 1.29 is 18.7 Å². The van der Waals surface area contributed by atoms with Crippen LogP contribution in [0.4, 0.5) is 10.1 Å². The van der Waals surface area contributed by atoms with E-state index in [9.17, 15) is 14.0 Å². The first-order valence-electron chi connectivity index (χ1n) is 12.9. The number of fused-ring (bicyclic) bond motifs is 1. The summed E-state index contributed by atoms with van der Waals surface area (Å²) in [6.07, 6.45) is 4.26. The molecule has 5 N–H and O–H groups in total. The average molecular weight is 505 g/mol. The first kappa shape index (κ1) is 25.3. The van der Waals surface area contributed by atoms with Crippen molar-refractivity contribution in [2.24, 2.45) is 17.6 Å². The van der Waals surface area contributed by atoms with Gasteiger partial charge in [0.15, 0.2) is 0 Å². The summed E-state index contributed by atoms with van der Waals surface area (Å²) in [4.78, 5) is 34.5.